The molecule has 1 aliphatic rings. The second kappa shape index (κ2) is 9.70. The lowest BCUT2D eigenvalue weighted by Crippen LogP contribution is -2.38. The molecular weight excluding hydrogens is 362 g/mol. The highest BCUT2D eigenvalue weighted by Crippen LogP contribution is 2.27. The summed E-state index contributed by atoms with van der Waals surface area (Å²) >= 11 is 0. The minimum absolute atomic E-state index is 0.0191. The Morgan fingerprint density at radius 1 is 0.966 bits per heavy atom. The molecule has 3 rings (SSSR count). The number of nitrogens with one attached hydrogen (secondary N) is 2. The predicted octanol–water partition coefficient (Wildman–Crippen LogP) is 3.72. The van der Waals surface area contributed by atoms with Crippen LogP contribution in [0.25, 0.3) is 0 Å². The topological polar surface area (TPSA) is 61.4 Å². The largest absolute Gasteiger partial charge is 0.352 e. The number of hydrogen-bond acceptors (Lipinski definition) is 3. The van der Waals surface area contributed by atoms with Crippen LogP contribution in [0.15, 0.2) is 42.5 Å². The quantitative estimate of drug-likeness (QED) is 0.683. The smallest absolute Gasteiger partial charge is 0.238 e. The molecule has 154 valence electrons. The molecule has 5 nitrogen and oxygen atoms in total. The van der Waals surface area contributed by atoms with Crippen molar-refractivity contribution in [2.45, 2.75) is 52.6 Å². The molecule has 0 heterocycles. The first-order valence-corrected chi connectivity index (χ1v) is 10.3. The van der Waals surface area contributed by atoms with E-state index in [9.17, 15) is 9.59 Å². The molecule has 0 bridgehead atoms. The van der Waals surface area contributed by atoms with Crippen LogP contribution in [0.2, 0.25) is 0 Å². The number of hydrogen-bond donors (Lipinski definition) is 2. The van der Waals surface area contributed by atoms with Gasteiger partial charge in [-0.2, -0.15) is 0 Å². The fourth-order valence-electron chi connectivity index (χ4n) is 3.45. The summed E-state index contributed by atoms with van der Waals surface area (Å²) in [4.78, 5) is 27.0. The molecule has 0 saturated heterocycles. The molecule has 1 fully saturated rings. The summed E-state index contributed by atoms with van der Waals surface area (Å²) in [5.74, 6) is 0.000690. The molecule has 5 heteroatoms. The summed E-state index contributed by atoms with van der Waals surface area (Å²) in [5, 5.41) is 6.02. The minimum atomic E-state index is -0.0191. The normalized spacial score (nSPS) is 13.4. The molecule has 2 amide bonds. The Morgan fingerprint density at radius 2 is 1.62 bits per heavy atom. The van der Waals surface area contributed by atoms with Gasteiger partial charge in [0.1, 0.15) is 0 Å². The van der Waals surface area contributed by atoms with Gasteiger partial charge in [-0.25, -0.2) is 0 Å². The maximum Gasteiger partial charge on any atom is 0.238 e. The zero-order chi connectivity index (χ0) is 20.8. The van der Waals surface area contributed by atoms with Gasteiger partial charge in [0.15, 0.2) is 0 Å². The van der Waals surface area contributed by atoms with Crippen LogP contribution >= 0.6 is 0 Å². The Hall–Kier alpha value is -2.66. The monoisotopic (exact) mass is 393 g/mol. The fourth-order valence-corrected chi connectivity index (χ4v) is 3.45. The third-order valence-electron chi connectivity index (χ3n) is 5.39. The minimum Gasteiger partial charge on any atom is -0.352 e. The Bertz CT molecular complexity index is 837. The first-order valence-electron chi connectivity index (χ1n) is 10.3. The number of carbonyl (C=O) groups excluding carboxylic acids is 2. The Labute approximate surface area is 173 Å². The molecule has 2 aromatic rings. The highest BCUT2D eigenvalue weighted by molar-refractivity contribution is 5.93. The maximum atomic E-state index is 12.6. The lowest BCUT2D eigenvalue weighted by Gasteiger charge is -2.22. The third kappa shape index (κ3) is 6.43. The van der Waals surface area contributed by atoms with E-state index >= 15 is 0 Å². The van der Waals surface area contributed by atoms with Crippen molar-refractivity contribution in [3.8, 4) is 0 Å². The molecule has 1 aliphatic carbocycles. The van der Waals surface area contributed by atoms with Crippen molar-refractivity contribution < 1.29 is 9.59 Å². The Balaban J connectivity index is 1.46. The average molecular weight is 394 g/mol. The second-order valence-corrected chi connectivity index (χ2v) is 8.03. The summed E-state index contributed by atoms with van der Waals surface area (Å²) in [6, 6.07) is 14.6. The molecule has 2 aromatic carbocycles. The molecule has 0 aliphatic heterocycles. The standard InChI is InChI=1S/C24H31N3O2/c1-17-7-9-20(10-8-17)15-25-22(28)13-14-27(21-11-12-21)16-23(29)26-24-18(2)5-4-6-19(24)3/h4-10,21H,11-16H2,1-3H3,(H,25,28)(H,26,29). The van der Waals surface area contributed by atoms with Crippen LogP contribution in [0.3, 0.4) is 0 Å². The van der Waals surface area contributed by atoms with E-state index in [2.05, 4.69) is 15.5 Å². The van der Waals surface area contributed by atoms with Crippen molar-refractivity contribution in [1.82, 2.24) is 10.2 Å². The number of para-hydroxylation sites is 1. The molecule has 0 spiro atoms. The van der Waals surface area contributed by atoms with Gasteiger partial charge in [0.25, 0.3) is 0 Å². The number of rotatable bonds is 9. The molecule has 1 saturated carbocycles. The van der Waals surface area contributed by atoms with Crippen LogP contribution in [-0.4, -0.2) is 35.8 Å². The van der Waals surface area contributed by atoms with Gasteiger partial charge in [-0.15, -0.1) is 0 Å². The van der Waals surface area contributed by atoms with Crippen molar-refractivity contribution in [3.05, 3.63) is 64.7 Å². The molecule has 2 N–H and O–H groups in total. The fraction of sp³-hybridized carbons (Fsp3) is 0.417. The van der Waals surface area contributed by atoms with E-state index < -0.39 is 0 Å². The van der Waals surface area contributed by atoms with Crippen LogP contribution in [0, 0.1) is 20.8 Å². The van der Waals surface area contributed by atoms with E-state index in [1.165, 1.54) is 5.56 Å². The lowest BCUT2D eigenvalue weighted by atomic mass is 10.1. The number of anilines is 1. The van der Waals surface area contributed by atoms with Gasteiger partial charge in [-0.05, 0) is 50.3 Å². The Kier molecular flexibility index (Phi) is 7.04. The molecule has 29 heavy (non-hydrogen) atoms. The number of amides is 2. The van der Waals surface area contributed by atoms with Crippen molar-refractivity contribution in [1.29, 1.82) is 0 Å². The van der Waals surface area contributed by atoms with Gasteiger partial charge >= 0.3 is 0 Å². The third-order valence-corrected chi connectivity index (χ3v) is 5.39. The SMILES string of the molecule is Cc1ccc(CNC(=O)CCN(CC(=O)Nc2c(C)cccc2C)C2CC2)cc1. The van der Waals surface area contributed by atoms with E-state index in [0.29, 0.717) is 32.1 Å². The number of carbonyl (C=O) groups is 2. The number of nitrogens with zero attached hydrogens (tertiary/aromatic N) is 1. The number of aryl methyl sites for hydroxylation is 3. The van der Waals surface area contributed by atoms with E-state index in [1.807, 2.05) is 63.2 Å². The van der Waals surface area contributed by atoms with E-state index in [-0.39, 0.29) is 11.8 Å². The summed E-state index contributed by atoms with van der Waals surface area (Å²) in [6.45, 7) is 7.51. The summed E-state index contributed by atoms with van der Waals surface area (Å²) in [6.07, 6.45) is 2.60. The second-order valence-electron chi connectivity index (χ2n) is 8.03. The van der Waals surface area contributed by atoms with Gasteiger partial charge < -0.3 is 10.6 Å². The first kappa shape index (κ1) is 21.1. The Morgan fingerprint density at radius 3 is 2.24 bits per heavy atom. The summed E-state index contributed by atoms with van der Waals surface area (Å²) in [7, 11) is 0. The first-order chi connectivity index (χ1) is 13.9. The lowest BCUT2D eigenvalue weighted by molar-refractivity contribution is -0.122. The van der Waals surface area contributed by atoms with Crippen molar-refractivity contribution >= 4 is 17.5 Å². The molecule has 0 atom stereocenters. The zero-order valence-corrected chi connectivity index (χ0v) is 17.6. The van der Waals surface area contributed by atoms with Crippen molar-refractivity contribution in [3.63, 3.8) is 0 Å². The highest BCUT2D eigenvalue weighted by Gasteiger charge is 2.30. The van der Waals surface area contributed by atoms with Gasteiger partial charge in [0.2, 0.25) is 11.8 Å². The van der Waals surface area contributed by atoms with Crippen LogP contribution in [-0.2, 0) is 16.1 Å². The van der Waals surface area contributed by atoms with E-state index in [4.69, 9.17) is 0 Å². The van der Waals surface area contributed by atoms with Gasteiger partial charge in [-0.3, -0.25) is 14.5 Å². The molecule has 0 radical (unpaired) electrons. The van der Waals surface area contributed by atoms with Gasteiger partial charge in [0.05, 0.1) is 6.54 Å². The van der Waals surface area contributed by atoms with Crippen LogP contribution in [0.4, 0.5) is 5.69 Å². The van der Waals surface area contributed by atoms with E-state index in [0.717, 1.165) is 35.2 Å². The zero-order valence-electron chi connectivity index (χ0n) is 17.6. The van der Waals surface area contributed by atoms with Crippen LogP contribution in [0.1, 0.15) is 41.5 Å². The predicted molar refractivity (Wildman–Crippen MR) is 117 cm³/mol. The maximum absolute atomic E-state index is 12.6. The highest BCUT2D eigenvalue weighted by atomic mass is 16.2. The van der Waals surface area contributed by atoms with Crippen LogP contribution in [0.5, 0.6) is 0 Å². The average Bonchev–Trinajstić information content (AvgIpc) is 3.53. The van der Waals surface area contributed by atoms with Crippen molar-refractivity contribution in [2.24, 2.45) is 0 Å². The molecular formula is C24H31N3O2. The molecule has 0 aromatic heterocycles. The summed E-state index contributed by atoms with van der Waals surface area (Å²) in [5.41, 5.74) is 5.32. The summed E-state index contributed by atoms with van der Waals surface area (Å²) < 4.78 is 0. The van der Waals surface area contributed by atoms with Gasteiger partial charge in [0, 0.05) is 31.2 Å². The number of benzene rings is 2. The van der Waals surface area contributed by atoms with E-state index in [1.54, 1.807) is 0 Å². The van der Waals surface area contributed by atoms with Crippen LogP contribution < -0.4 is 10.6 Å². The van der Waals surface area contributed by atoms with Gasteiger partial charge in [-0.1, -0.05) is 48.0 Å². The van der Waals surface area contributed by atoms with Crippen molar-refractivity contribution in [2.75, 3.05) is 18.4 Å². The molecule has 0 unspecified atom stereocenters.